The minimum absolute atomic E-state index is 0.411. The zero-order chi connectivity index (χ0) is 11.9. The van der Waals surface area contributed by atoms with Gasteiger partial charge in [-0.15, -0.1) is 0 Å². The van der Waals surface area contributed by atoms with Crippen molar-refractivity contribution in [2.24, 2.45) is 23.7 Å². The van der Waals surface area contributed by atoms with Crippen LogP contribution >= 0.6 is 0 Å². The first-order chi connectivity index (χ1) is 7.45. The zero-order valence-corrected chi connectivity index (χ0v) is 11.2. The molecule has 0 saturated heterocycles. The molecule has 2 rings (SSSR count). The smallest absolute Gasteiger partial charge is 0.0712 e. The van der Waals surface area contributed by atoms with Gasteiger partial charge in [0.25, 0.3) is 0 Å². The molecule has 0 heterocycles. The molecule has 0 aromatic carbocycles. The van der Waals surface area contributed by atoms with E-state index < -0.39 is 5.60 Å². The SMILES string of the molecule is CC1=CC[C@H]2[C@H]1CC[C@@H](C)[C@]2(O)CC(C)C. The van der Waals surface area contributed by atoms with Crippen LogP contribution in [0.15, 0.2) is 11.6 Å². The van der Waals surface area contributed by atoms with Gasteiger partial charge in [-0.2, -0.15) is 0 Å². The van der Waals surface area contributed by atoms with Gasteiger partial charge in [0, 0.05) is 0 Å². The molecular weight excluding hydrogens is 196 g/mol. The van der Waals surface area contributed by atoms with Crippen molar-refractivity contribution in [3.8, 4) is 0 Å². The van der Waals surface area contributed by atoms with Crippen LogP contribution in [0, 0.1) is 23.7 Å². The highest BCUT2D eigenvalue weighted by molar-refractivity contribution is 5.19. The van der Waals surface area contributed by atoms with E-state index in [4.69, 9.17) is 0 Å². The molecule has 1 heteroatoms. The Hall–Kier alpha value is -0.300. The molecule has 16 heavy (non-hydrogen) atoms. The molecule has 2 aliphatic rings. The van der Waals surface area contributed by atoms with Gasteiger partial charge in [0.15, 0.2) is 0 Å². The normalized spacial score (nSPS) is 43.4. The molecule has 0 aromatic heterocycles. The number of hydrogen-bond donors (Lipinski definition) is 1. The minimum Gasteiger partial charge on any atom is -0.389 e. The van der Waals surface area contributed by atoms with E-state index >= 15 is 0 Å². The second-order valence-electron chi connectivity index (χ2n) is 6.46. The van der Waals surface area contributed by atoms with Crippen LogP contribution in [-0.4, -0.2) is 10.7 Å². The van der Waals surface area contributed by atoms with Gasteiger partial charge in [0.2, 0.25) is 0 Å². The molecule has 1 N–H and O–H groups in total. The van der Waals surface area contributed by atoms with Gasteiger partial charge in [-0.1, -0.05) is 32.4 Å². The van der Waals surface area contributed by atoms with Crippen molar-refractivity contribution < 1.29 is 5.11 Å². The lowest BCUT2D eigenvalue weighted by Crippen LogP contribution is -2.50. The van der Waals surface area contributed by atoms with E-state index in [2.05, 4.69) is 33.8 Å². The van der Waals surface area contributed by atoms with Gasteiger partial charge in [0.1, 0.15) is 0 Å². The second kappa shape index (κ2) is 4.18. The zero-order valence-electron chi connectivity index (χ0n) is 11.2. The van der Waals surface area contributed by atoms with E-state index in [9.17, 15) is 5.11 Å². The molecule has 0 radical (unpaired) electrons. The first-order valence-corrected chi connectivity index (χ1v) is 6.84. The third-order valence-corrected chi connectivity index (χ3v) is 4.91. The third kappa shape index (κ3) is 1.84. The molecule has 1 saturated carbocycles. The molecule has 0 amide bonds. The van der Waals surface area contributed by atoms with Crippen LogP contribution in [0.3, 0.4) is 0 Å². The van der Waals surface area contributed by atoms with Crippen molar-refractivity contribution in [3.63, 3.8) is 0 Å². The highest BCUT2D eigenvalue weighted by Gasteiger charge is 2.50. The fraction of sp³-hybridized carbons (Fsp3) is 0.867. The Morgan fingerprint density at radius 3 is 2.75 bits per heavy atom. The van der Waals surface area contributed by atoms with E-state index in [1.54, 1.807) is 0 Å². The number of allylic oxidation sites excluding steroid dienone is 2. The quantitative estimate of drug-likeness (QED) is 0.705. The van der Waals surface area contributed by atoms with Crippen molar-refractivity contribution >= 4 is 0 Å². The van der Waals surface area contributed by atoms with Gasteiger partial charge in [-0.25, -0.2) is 0 Å². The number of rotatable bonds is 2. The molecule has 0 spiro atoms. The molecule has 4 atom stereocenters. The van der Waals surface area contributed by atoms with Crippen LogP contribution in [0.4, 0.5) is 0 Å². The van der Waals surface area contributed by atoms with E-state index in [1.165, 1.54) is 18.4 Å². The van der Waals surface area contributed by atoms with E-state index in [0.29, 0.717) is 23.7 Å². The molecule has 1 nitrogen and oxygen atoms in total. The first kappa shape index (κ1) is 12.2. The maximum absolute atomic E-state index is 11.1. The lowest BCUT2D eigenvalue weighted by atomic mass is 9.61. The fourth-order valence-electron chi connectivity index (χ4n) is 3.98. The van der Waals surface area contributed by atoms with Gasteiger partial charge in [-0.05, 0) is 56.3 Å². The molecule has 0 aliphatic heterocycles. The van der Waals surface area contributed by atoms with Crippen molar-refractivity contribution in [2.45, 2.75) is 59.0 Å². The average molecular weight is 222 g/mol. The van der Waals surface area contributed by atoms with Crippen LogP contribution in [0.25, 0.3) is 0 Å². The number of fused-ring (bicyclic) bond motifs is 1. The lowest BCUT2D eigenvalue weighted by molar-refractivity contribution is -0.113. The molecule has 1 fully saturated rings. The summed E-state index contributed by atoms with van der Waals surface area (Å²) in [6.07, 6.45) is 6.91. The Kier molecular flexibility index (Phi) is 3.18. The Labute approximate surface area is 99.9 Å². The number of hydrogen-bond acceptors (Lipinski definition) is 1. The van der Waals surface area contributed by atoms with Crippen LogP contribution in [0.2, 0.25) is 0 Å². The second-order valence-corrected chi connectivity index (χ2v) is 6.46. The average Bonchev–Trinajstić information content (AvgIpc) is 2.54. The summed E-state index contributed by atoms with van der Waals surface area (Å²) in [5.74, 6) is 2.22. The van der Waals surface area contributed by atoms with Crippen molar-refractivity contribution in [3.05, 3.63) is 11.6 Å². The summed E-state index contributed by atoms with van der Waals surface area (Å²) >= 11 is 0. The summed E-state index contributed by atoms with van der Waals surface area (Å²) in [6, 6.07) is 0. The summed E-state index contributed by atoms with van der Waals surface area (Å²) in [5, 5.41) is 11.1. The minimum atomic E-state index is -0.411. The molecular formula is C15H26O. The lowest BCUT2D eigenvalue weighted by Gasteiger charge is -2.48. The Morgan fingerprint density at radius 1 is 1.44 bits per heavy atom. The van der Waals surface area contributed by atoms with Crippen LogP contribution in [-0.2, 0) is 0 Å². The van der Waals surface area contributed by atoms with Crippen LogP contribution in [0.5, 0.6) is 0 Å². The van der Waals surface area contributed by atoms with Crippen molar-refractivity contribution in [1.29, 1.82) is 0 Å². The molecule has 0 aromatic rings. The van der Waals surface area contributed by atoms with Gasteiger partial charge in [0.05, 0.1) is 5.60 Å². The Morgan fingerprint density at radius 2 is 2.12 bits per heavy atom. The van der Waals surface area contributed by atoms with E-state index in [1.807, 2.05) is 0 Å². The molecule has 0 unspecified atom stereocenters. The maximum atomic E-state index is 11.1. The highest BCUT2D eigenvalue weighted by atomic mass is 16.3. The van der Waals surface area contributed by atoms with Gasteiger partial charge < -0.3 is 5.11 Å². The third-order valence-electron chi connectivity index (χ3n) is 4.91. The Balaban J connectivity index is 2.21. The standard InChI is InChI=1S/C15H26O/c1-10(2)9-15(16)12(4)6-7-13-11(3)5-8-14(13)15/h5,10,12-14,16H,6-9H2,1-4H3/t12-,13+,14+,15-/m1/s1. The summed E-state index contributed by atoms with van der Waals surface area (Å²) in [4.78, 5) is 0. The topological polar surface area (TPSA) is 20.2 Å². The van der Waals surface area contributed by atoms with Crippen LogP contribution in [0.1, 0.15) is 53.4 Å². The summed E-state index contributed by atoms with van der Waals surface area (Å²) in [5.41, 5.74) is 1.12. The molecule has 0 bridgehead atoms. The van der Waals surface area contributed by atoms with Crippen molar-refractivity contribution in [2.75, 3.05) is 0 Å². The van der Waals surface area contributed by atoms with Crippen molar-refractivity contribution in [1.82, 2.24) is 0 Å². The summed E-state index contributed by atoms with van der Waals surface area (Å²) in [7, 11) is 0. The summed E-state index contributed by atoms with van der Waals surface area (Å²) < 4.78 is 0. The molecule has 2 aliphatic carbocycles. The highest BCUT2D eigenvalue weighted by Crippen LogP contribution is 2.51. The molecule has 92 valence electrons. The van der Waals surface area contributed by atoms with E-state index in [-0.39, 0.29) is 0 Å². The van der Waals surface area contributed by atoms with E-state index in [0.717, 1.165) is 12.8 Å². The van der Waals surface area contributed by atoms with Crippen LogP contribution < -0.4 is 0 Å². The fourth-order valence-corrected chi connectivity index (χ4v) is 3.98. The largest absolute Gasteiger partial charge is 0.389 e. The predicted molar refractivity (Wildman–Crippen MR) is 68.2 cm³/mol. The van der Waals surface area contributed by atoms with Gasteiger partial charge in [-0.3, -0.25) is 0 Å². The predicted octanol–water partition coefficient (Wildman–Crippen LogP) is 3.78. The van der Waals surface area contributed by atoms with Gasteiger partial charge >= 0.3 is 0 Å². The first-order valence-electron chi connectivity index (χ1n) is 6.84. The number of aliphatic hydroxyl groups is 1. The summed E-state index contributed by atoms with van der Waals surface area (Å²) in [6.45, 7) is 8.94. The maximum Gasteiger partial charge on any atom is 0.0712 e. The Bertz CT molecular complexity index is 292. The monoisotopic (exact) mass is 222 g/mol.